The number of anilines is 2. The molecule has 0 unspecified atom stereocenters. The number of carbonyl (C=O) groups is 1. The predicted molar refractivity (Wildman–Crippen MR) is 150 cm³/mol. The number of hydrogen-bond donors (Lipinski definition) is 1. The first kappa shape index (κ1) is 26.3. The first-order valence-electron chi connectivity index (χ1n) is 13.5. The van der Waals surface area contributed by atoms with Crippen LogP contribution in [0.15, 0.2) is 40.2 Å². The van der Waals surface area contributed by atoms with Gasteiger partial charge in [-0.15, -0.1) is 0 Å². The number of amides is 1. The van der Waals surface area contributed by atoms with Crippen LogP contribution >= 0.6 is 11.6 Å². The summed E-state index contributed by atoms with van der Waals surface area (Å²) in [7, 11) is -1.71. The van der Waals surface area contributed by atoms with E-state index in [1.54, 1.807) is 47.0 Å². The van der Waals surface area contributed by atoms with Crippen LogP contribution in [0.5, 0.6) is 0 Å². The molecule has 9 nitrogen and oxygen atoms in total. The maximum atomic E-state index is 13.4. The van der Waals surface area contributed by atoms with Crippen LogP contribution in [0.1, 0.15) is 63.0 Å². The van der Waals surface area contributed by atoms with E-state index in [0.717, 1.165) is 37.7 Å². The molecular weight excluding hydrogens is 538 g/mol. The molecule has 0 bridgehead atoms. The van der Waals surface area contributed by atoms with Gasteiger partial charge in [-0.25, -0.2) is 13.4 Å². The molecule has 3 aliphatic rings. The number of benzene rings is 1. The van der Waals surface area contributed by atoms with Crippen molar-refractivity contribution in [1.82, 2.24) is 19.4 Å². The number of hydrogen-bond acceptors (Lipinski definition) is 7. The van der Waals surface area contributed by atoms with Gasteiger partial charge in [-0.1, -0.05) is 24.4 Å². The average molecular weight is 570 g/mol. The quantitative estimate of drug-likeness (QED) is 0.470. The third-order valence-corrected chi connectivity index (χ3v) is 11.3. The Bertz CT molecular complexity index is 1640. The molecule has 0 radical (unpaired) electrons. The minimum atomic E-state index is -3.51. The van der Waals surface area contributed by atoms with Crippen LogP contribution in [0.3, 0.4) is 0 Å². The van der Waals surface area contributed by atoms with Gasteiger partial charge in [-0.2, -0.15) is 4.98 Å². The SMILES string of the molecule is Cc1cc(S(=O)(=O)C2CC3(CCN(C)C(=O)C3)C2)ccc1Nc1ncc2cc(Cl)c(=O)n(C3CCCC3)c2n1. The summed E-state index contributed by atoms with van der Waals surface area (Å²) >= 11 is 6.23. The van der Waals surface area contributed by atoms with E-state index in [1.807, 2.05) is 6.92 Å². The summed E-state index contributed by atoms with van der Waals surface area (Å²) in [6, 6.07) is 6.69. The third kappa shape index (κ3) is 4.61. The molecular formula is C28H32ClN5O4S. The molecule has 3 aromatic rings. The highest BCUT2D eigenvalue weighted by Crippen LogP contribution is 2.53. The summed E-state index contributed by atoms with van der Waals surface area (Å²) in [5, 5.41) is 3.59. The minimum Gasteiger partial charge on any atom is -0.346 e. The highest BCUT2D eigenvalue weighted by molar-refractivity contribution is 7.92. The van der Waals surface area contributed by atoms with E-state index in [9.17, 15) is 18.0 Å². The number of pyridine rings is 1. The molecule has 1 aliphatic heterocycles. The van der Waals surface area contributed by atoms with Gasteiger partial charge in [0, 0.05) is 43.3 Å². The molecule has 1 spiro atoms. The first-order chi connectivity index (χ1) is 18.6. The lowest BCUT2D eigenvalue weighted by Gasteiger charge is -2.50. The fraction of sp³-hybridized carbons (Fsp3) is 0.500. The van der Waals surface area contributed by atoms with Crippen LogP contribution in [0, 0.1) is 12.3 Å². The molecule has 3 fully saturated rings. The number of halogens is 1. The van der Waals surface area contributed by atoms with Crippen molar-refractivity contribution in [1.29, 1.82) is 0 Å². The second kappa shape index (κ2) is 9.59. The van der Waals surface area contributed by atoms with Crippen LogP contribution in [0.4, 0.5) is 11.6 Å². The number of carbonyl (C=O) groups excluding carboxylic acids is 1. The monoisotopic (exact) mass is 569 g/mol. The molecule has 1 amide bonds. The number of sulfone groups is 1. The number of rotatable bonds is 5. The van der Waals surface area contributed by atoms with E-state index in [4.69, 9.17) is 11.6 Å². The maximum absolute atomic E-state index is 13.4. The van der Waals surface area contributed by atoms with E-state index in [-0.39, 0.29) is 32.8 Å². The second-order valence-electron chi connectivity index (χ2n) is 11.5. The van der Waals surface area contributed by atoms with E-state index in [0.29, 0.717) is 48.5 Å². The average Bonchev–Trinajstić information content (AvgIpc) is 3.41. The van der Waals surface area contributed by atoms with Gasteiger partial charge in [0.15, 0.2) is 9.84 Å². The van der Waals surface area contributed by atoms with Gasteiger partial charge in [0.05, 0.1) is 10.1 Å². The molecule has 2 aromatic heterocycles. The zero-order chi connectivity index (χ0) is 27.5. The van der Waals surface area contributed by atoms with Gasteiger partial charge < -0.3 is 10.2 Å². The van der Waals surface area contributed by atoms with E-state index < -0.39 is 15.1 Å². The van der Waals surface area contributed by atoms with Crippen LogP contribution in [0.2, 0.25) is 5.02 Å². The lowest BCUT2D eigenvalue weighted by Crippen LogP contribution is -2.52. The highest BCUT2D eigenvalue weighted by atomic mass is 35.5. The number of nitrogens with one attached hydrogen (secondary N) is 1. The van der Waals surface area contributed by atoms with Gasteiger partial charge in [-0.3, -0.25) is 14.2 Å². The Morgan fingerprint density at radius 3 is 2.56 bits per heavy atom. The van der Waals surface area contributed by atoms with E-state index >= 15 is 0 Å². The van der Waals surface area contributed by atoms with E-state index in [2.05, 4.69) is 15.3 Å². The van der Waals surface area contributed by atoms with Crippen molar-refractivity contribution >= 4 is 50.0 Å². The molecule has 1 saturated heterocycles. The van der Waals surface area contributed by atoms with Gasteiger partial charge in [0.2, 0.25) is 11.9 Å². The number of likely N-dealkylation sites (tertiary alicyclic amines) is 1. The van der Waals surface area contributed by atoms with Crippen molar-refractivity contribution in [2.75, 3.05) is 18.9 Å². The zero-order valence-electron chi connectivity index (χ0n) is 22.1. The second-order valence-corrected chi connectivity index (χ2v) is 14.1. The van der Waals surface area contributed by atoms with Gasteiger partial charge in [0.1, 0.15) is 10.7 Å². The van der Waals surface area contributed by atoms with Crippen LogP contribution in [0.25, 0.3) is 11.0 Å². The van der Waals surface area contributed by atoms with Gasteiger partial charge in [-0.05, 0) is 74.3 Å². The first-order valence-corrected chi connectivity index (χ1v) is 15.4. The van der Waals surface area contributed by atoms with Crippen molar-refractivity contribution in [3.63, 3.8) is 0 Å². The molecule has 2 saturated carbocycles. The maximum Gasteiger partial charge on any atom is 0.271 e. The summed E-state index contributed by atoms with van der Waals surface area (Å²) in [6.07, 6.45) is 7.95. The van der Waals surface area contributed by atoms with Crippen molar-refractivity contribution in [2.45, 2.75) is 74.5 Å². The van der Waals surface area contributed by atoms with Crippen molar-refractivity contribution in [2.24, 2.45) is 5.41 Å². The number of fused-ring (bicyclic) bond motifs is 1. The lowest BCUT2D eigenvalue weighted by atomic mass is 9.62. The summed E-state index contributed by atoms with van der Waals surface area (Å²) in [5.41, 5.74) is 1.55. The Balaban J connectivity index is 1.23. The number of piperidine rings is 1. The topological polar surface area (TPSA) is 114 Å². The Morgan fingerprint density at radius 1 is 1.13 bits per heavy atom. The number of nitrogens with zero attached hydrogens (tertiary/aromatic N) is 4. The van der Waals surface area contributed by atoms with Crippen LogP contribution in [-0.4, -0.2) is 52.6 Å². The number of aromatic nitrogens is 3. The summed E-state index contributed by atoms with van der Waals surface area (Å²) in [4.78, 5) is 36.2. The Morgan fingerprint density at radius 2 is 1.87 bits per heavy atom. The van der Waals surface area contributed by atoms with Gasteiger partial charge in [0.25, 0.3) is 5.56 Å². The third-order valence-electron chi connectivity index (χ3n) is 8.88. The van der Waals surface area contributed by atoms with Crippen molar-refractivity contribution < 1.29 is 13.2 Å². The van der Waals surface area contributed by atoms with Gasteiger partial charge >= 0.3 is 0 Å². The largest absolute Gasteiger partial charge is 0.346 e. The smallest absolute Gasteiger partial charge is 0.271 e. The Labute approximate surface area is 232 Å². The molecule has 39 heavy (non-hydrogen) atoms. The standard InChI is InChI=1S/C28H32ClN5O4S/c1-17-11-20(39(37,38)21-13-28(14-21)9-10-33(2)24(35)15-28)7-8-23(17)31-27-30-16-18-12-22(29)26(36)34(25(18)32-27)19-5-3-4-6-19/h7-8,11-12,16,19,21H,3-6,9-10,13-15H2,1-2H3,(H,30,31,32). The Kier molecular flexibility index (Phi) is 6.45. The van der Waals surface area contributed by atoms with E-state index in [1.165, 1.54) is 0 Å². The zero-order valence-corrected chi connectivity index (χ0v) is 23.7. The Hall–Kier alpha value is -2.98. The molecule has 3 heterocycles. The molecule has 6 rings (SSSR count). The van der Waals surface area contributed by atoms with Crippen molar-refractivity contribution in [3.8, 4) is 0 Å². The normalized spacial score (nSPS) is 23.9. The molecule has 0 atom stereocenters. The van der Waals surface area contributed by atoms with Crippen LogP contribution in [-0.2, 0) is 14.6 Å². The van der Waals surface area contributed by atoms with Crippen molar-refractivity contribution in [3.05, 3.63) is 51.4 Å². The predicted octanol–water partition coefficient (Wildman–Crippen LogP) is 4.79. The fourth-order valence-corrected chi connectivity index (χ4v) is 8.80. The summed E-state index contributed by atoms with van der Waals surface area (Å²) in [6.45, 7) is 2.53. The van der Waals surface area contributed by atoms with Crippen LogP contribution < -0.4 is 10.9 Å². The minimum absolute atomic E-state index is 0.0611. The summed E-state index contributed by atoms with van der Waals surface area (Å²) < 4.78 is 28.5. The molecule has 1 aromatic carbocycles. The molecule has 1 N–H and O–H groups in total. The highest BCUT2D eigenvalue weighted by Gasteiger charge is 2.52. The fourth-order valence-electron chi connectivity index (χ4n) is 6.46. The molecule has 206 valence electrons. The summed E-state index contributed by atoms with van der Waals surface area (Å²) in [5.74, 6) is 0.421. The lowest BCUT2D eigenvalue weighted by molar-refractivity contribution is -0.139. The molecule has 2 aliphatic carbocycles. The number of aryl methyl sites for hydroxylation is 1. The molecule has 11 heteroatoms.